The van der Waals surface area contributed by atoms with Crippen LogP contribution in [0.15, 0.2) is 36.9 Å². The van der Waals surface area contributed by atoms with E-state index in [4.69, 9.17) is 0 Å². The van der Waals surface area contributed by atoms with E-state index in [2.05, 4.69) is 18.8 Å². The number of nitrogens with zero attached hydrogens (tertiary/aromatic N) is 1. The van der Waals surface area contributed by atoms with Crippen LogP contribution in [-0.2, 0) is 0 Å². The Kier molecular flexibility index (Phi) is 6.01. The fraction of sp³-hybridized carbons (Fsp3) is 0.500. The highest BCUT2D eigenvalue weighted by Gasteiger charge is 2.23. The maximum atomic E-state index is 12.5. The number of anilines is 1. The largest absolute Gasteiger partial charge is 0.391 e. The van der Waals surface area contributed by atoms with Crippen molar-refractivity contribution in [3.8, 4) is 0 Å². The third-order valence-corrected chi connectivity index (χ3v) is 4.01. The Hall–Kier alpha value is -1.81. The Bertz CT molecular complexity index is 516. The number of amides is 1. The van der Waals surface area contributed by atoms with Gasteiger partial charge in [0.15, 0.2) is 0 Å². The first-order chi connectivity index (χ1) is 10.6. The van der Waals surface area contributed by atoms with Gasteiger partial charge in [-0.2, -0.15) is 0 Å². The molecule has 0 spiro atoms. The SMILES string of the molecule is C=CCC[C@H](C)Nc1cccc(C(=O)N2CCC[C@H](O)C2)c1. The van der Waals surface area contributed by atoms with Gasteiger partial charge in [0.1, 0.15) is 0 Å². The van der Waals surface area contributed by atoms with Gasteiger partial charge in [-0.05, 0) is 50.8 Å². The third kappa shape index (κ3) is 4.60. The van der Waals surface area contributed by atoms with Crippen molar-refractivity contribution in [3.05, 3.63) is 42.5 Å². The predicted molar refractivity (Wildman–Crippen MR) is 90.1 cm³/mol. The number of hydrogen-bond acceptors (Lipinski definition) is 3. The van der Waals surface area contributed by atoms with Gasteiger partial charge in [0.2, 0.25) is 0 Å². The second kappa shape index (κ2) is 7.99. The molecule has 0 bridgehead atoms. The van der Waals surface area contributed by atoms with Crippen molar-refractivity contribution in [3.63, 3.8) is 0 Å². The van der Waals surface area contributed by atoms with Crippen molar-refractivity contribution in [2.45, 2.75) is 44.8 Å². The van der Waals surface area contributed by atoms with Gasteiger partial charge in [0, 0.05) is 30.4 Å². The molecule has 120 valence electrons. The molecule has 1 aromatic carbocycles. The van der Waals surface area contributed by atoms with Crippen molar-refractivity contribution in [2.75, 3.05) is 18.4 Å². The Morgan fingerprint density at radius 3 is 3.14 bits per heavy atom. The summed E-state index contributed by atoms with van der Waals surface area (Å²) >= 11 is 0. The van der Waals surface area contributed by atoms with Crippen LogP contribution in [0.5, 0.6) is 0 Å². The fourth-order valence-corrected chi connectivity index (χ4v) is 2.79. The smallest absolute Gasteiger partial charge is 0.254 e. The topological polar surface area (TPSA) is 52.6 Å². The minimum Gasteiger partial charge on any atom is -0.391 e. The summed E-state index contributed by atoms with van der Waals surface area (Å²) in [7, 11) is 0. The molecule has 0 radical (unpaired) electrons. The summed E-state index contributed by atoms with van der Waals surface area (Å²) in [6.07, 6.45) is 5.16. The van der Waals surface area contributed by atoms with Crippen LogP contribution in [0.1, 0.15) is 43.0 Å². The first-order valence-electron chi connectivity index (χ1n) is 8.05. The number of aliphatic hydroxyl groups is 1. The van der Waals surface area contributed by atoms with E-state index in [1.54, 1.807) is 4.90 Å². The van der Waals surface area contributed by atoms with Crippen molar-refractivity contribution >= 4 is 11.6 Å². The maximum Gasteiger partial charge on any atom is 0.254 e. The monoisotopic (exact) mass is 302 g/mol. The molecule has 1 saturated heterocycles. The number of allylic oxidation sites excluding steroid dienone is 1. The van der Waals surface area contributed by atoms with E-state index in [1.165, 1.54) is 0 Å². The number of rotatable bonds is 6. The normalized spacial score (nSPS) is 19.5. The number of likely N-dealkylation sites (tertiary alicyclic amines) is 1. The van der Waals surface area contributed by atoms with Crippen LogP contribution in [0.3, 0.4) is 0 Å². The molecule has 0 aliphatic carbocycles. The van der Waals surface area contributed by atoms with Gasteiger partial charge in [0.25, 0.3) is 5.91 Å². The lowest BCUT2D eigenvalue weighted by Crippen LogP contribution is -2.42. The number of carbonyl (C=O) groups is 1. The molecule has 4 nitrogen and oxygen atoms in total. The van der Waals surface area contributed by atoms with Crippen LogP contribution in [0, 0.1) is 0 Å². The van der Waals surface area contributed by atoms with Gasteiger partial charge in [-0.3, -0.25) is 4.79 Å². The summed E-state index contributed by atoms with van der Waals surface area (Å²) in [6.45, 7) is 7.02. The lowest BCUT2D eigenvalue weighted by atomic mass is 10.1. The number of hydrogen-bond donors (Lipinski definition) is 2. The number of piperidine rings is 1. The van der Waals surface area contributed by atoms with E-state index in [0.717, 1.165) is 37.9 Å². The number of aliphatic hydroxyl groups excluding tert-OH is 1. The van der Waals surface area contributed by atoms with Crippen molar-refractivity contribution in [2.24, 2.45) is 0 Å². The minimum atomic E-state index is -0.391. The summed E-state index contributed by atoms with van der Waals surface area (Å²) in [6, 6.07) is 7.94. The van der Waals surface area contributed by atoms with E-state index in [9.17, 15) is 9.90 Å². The van der Waals surface area contributed by atoms with Crippen molar-refractivity contribution in [1.82, 2.24) is 4.90 Å². The van der Waals surface area contributed by atoms with Gasteiger partial charge in [0.05, 0.1) is 6.10 Å². The van der Waals surface area contributed by atoms with E-state index >= 15 is 0 Å². The molecule has 4 heteroatoms. The Labute approximate surface area is 132 Å². The highest BCUT2D eigenvalue weighted by molar-refractivity contribution is 5.95. The molecule has 1 aromatic rings. The molecule has 2 N–H and O–H groups in total. The van der Waals surface area contributed by atoms with Crippen LogP contribution in [-0.4, -0.2) is 41.1 Å². The fourth-order valence-electron chi connectivity index (χ4n) is 2.79. The zero-order valence-electron chi connectivity index (χ0n) is 13.3. The lowest BCUT2D eigenvalue weighted by molar-refractivity contribution is 0.0474. The van der Waals surface area contributed by atoms with Gasteiger partial charge in [-0.15, -0.1) is 6.58 Å². The van der Waals surface area contributed by atoms with Crippen molar-refractivity contribution in [1.29, 1.82) is 0 Å². The predicted octanol–water partition coefficient (Wildman–Crippen LogP) is 3.05. The van der Waals surface area contributed by atoms with Crippen LogP contribution in [0.4, 0.5) is 5.69 Å². The maximum absolute atomic E-state index is 12.5. The van der Waals surface area contributed by atoms with E-state index in [1.807, 2.05) is 30.3 Å². The van der Waals surface area contributed by atoms with Crippen LogP contribution in [0.2, 0.25) is 0 Å². The first-order valence-corrected chi connectivity index (χ1v) is 8.05. The number of carbonyl (C=O) groups excluding carboxylic acids is 1. The lowest BCUT2D eigenvalue weighted by Gasteiger charge is -2.30. The minimum absolute atomic E-state index is 0.00106. The summed E-state index contributed by atoms with van der Waals surface area (Å²) in [5, 5.41) is 13.1. The average Bonchev–Trinajstić information content (AvgIpc) is 2.52. The highest BCUT2D eigenvalue weighted by Crippen LogP contribution is 2.18. The van der Waals surface area contributed by atoms with Crippen molar-refractivity contribution < 1.29 is 9.90 Å². The molecule has 2 atom stereocenters. The zero-order chi connectivity index (χ0) is 15.9. The van der Waals surface area contributed by atoms with Crippen LogP contribution >= 0.6 is 0 Å². The van der Waals surface area contributed by atoms with Gasteiger partial charge in [-0.1, -0.05) is 12.1 Å². The van der Waals surface area contributed by atoms with Crippen LogP contribution < -0.4 is 5.32 Å². The van der Waals surface area contributed by atoms with E-state index < -0.39 is 6.10 Å². The Morgan fingerprint density at radius 1 is 1.59 bits per heavy atom. The summed E-state index contributed by atoms with van der Waals surface area (Å²) in [5.41, 5.74) is 1.63. The van der Waals surface area contributed by atoms with E-state index in [0.29, 0.717) is 18.2 Å². The molecule has 22 heavy (non-hydrogen) atoms. The number of β-amino-alcohol motifs (C(OH)–C–C–N with tert-alkyl or cyclic N) is 1. The number of nitrogens with one attached hydrogen (secondary N) is 1. The molecule has 1 aliphatic heterocycles. The molecule has 1 amide bonds. The number of benzene rings is 1. The van der Waals surface area contributed by atoms with Gasteiger partial charge in [-0.25, -0.2) is 0 Å². The molecule has 1 aliphatic rings. The van der Waals surface area contributed by atoms with E-state index in [-0.39, 0.29) is 5.91 Å². The second-order valence-electron chi connectivity index (χ2n) is 6.04. The Morgan fingerprint density at radius 2 is 2.41 bits per heavy atom. The Balaban J connectivity index is 2.01. The molecular weight excluding hydrogens is 276 g/mol. The standard InChI is InChI=1S/C18H26N2O2/c1-3-4-7-14(2)19-16-9-5-8-15(12-16)18(22)20-11-6-10-17(21)13-20/h3,5,8-9,12,14,17,19,21H,1,4,6-7,10-11,13H2,2H3/t14-,17-/m0/s1. The first kappa shape index (κ1) is 16.6. The third-order valence-electron chi connectivity index (χ3n) is 4.01. The summed E-state index contributed by atoms with van der Waals surface area (Å²) in [5.74, 6) is 0.00106. The second-order valence-corrected chi connectivity index (χ2v) is 6.04. The molecular formula is C18H26N2O2. The average molecular weight is 302 g/mol. The summed E-state index contributed by atoms with van der Waals surface area (Å²) in [4.78, 5) is 14.3. The molecule has 0 aromatic heterocycles. The van der Waals surface area contributed by atoms with Crippen LogP contribution in [0.25, 0.3) is 0 Å². The molecule has 0 saturated carbocycles. The molecule has 1 fully saturated rings. The van der Waals surface area contributed by atoms with Gasteiger partial charge < -0.3 is 15.3 Å². The van der Waals surface area contributed by atoms with Gasteiger partial charge >= 0.3 is 0 Å². The molecule has 1 heterocycles. The quantitative estimate of drug-likeness (QED) is 0.794. The summed E-state index contributed by atoms with van der Waals surface area (Å²) < 4.78 is 0. The molecule has 2 rings (SSSR count). The zero-order valence-corrected chi connectivity index (χ0v) is 13.3. The highest BCUT2D eigenvalue weighted by atomic mass is 16.3. The molecule has 0 unspecified atom stereocenters.